The van der Waals surface area contributed by atoms with Crippen LogP contribution in [0, 0.1) is 5.82 Å². The van der Waals surface area contributed by atoms with Gasteiger partial charge in [0.25, 0.3) is 5.91 Å². The van der Waals surface area contributed by atoms with Gasteiger partial charge in [-0.2, -0.15) is 0 Å². The molecular formula is C21H21FN2O. The van der Waals surface area contributed by atoms with Crippen LogP contribution in [0.1, 0.15) is 21.6 Å². The Labute approximate surface area is 147 Å². The van der Waals surface area contributed by atoms with Crippen LogP contribution in [0.3, 0.4) is 0 Å². The van der Waals surface area contributed by atoms with Crippen molar-refractivity contribution < 1.29 is 9.18 Å². The van der Waals surface area contributed by atoms with Gasteiger partial charge >= 0.3 is 0 Å². The van der Waals surface area contributed by atoms with Crippen LogP contribution in [0.2, 0.25) is 0 Å². The molecule has 0 saturated carbocycles. The van der Waals surface area contributed by atoms with Gasteiger partial charge in [0, 0.05) is 26.3 Å². The van der Waals surface area contributed by atoms with Gasteiger partial charge in [0.2, 0.25) is 0 Å². The summed E-state index contributed by atoms with van der Waals surface area (Å²) in [5.74, 6) is -0.355. The summed E-state index contributed by atoms with van der Waals surface area (Å²) in [5, 5.41) is 0. The molecule has 3 nitrogen and oxygen atoms in total. The van der Waals surface area contributed by atoms with E-state index in [2.05, 4.69) is 12.1 Å². The summed E-state index contributed by atoms with van der Waals surface area (Å²) >= 11 is 0. The summed E-state index contributed by atoms with van der Waals surface area (Å²) in [5.41, 5.74) is 2.66. The fourth-order valence-corrected chi connectivity index (χ4v) is 2.87. The predicted molar refractivity (Wildman–Crippen MR) is 96.8 cm³/mol. The van der Waals surface area contributed by atoms with Crippen LogP contribution in [-0.4, -0.2) is 22.4 Å². The summed E-state index contributed by atoms with van der Waals surface area (Å²) in [6.07, 6.45) is 2.79. The highest BCUT2D eigenvalue weighted by atomic mass is 19.1. The second-order valence-electron chi connectivity index (χ2n) is 6.11. The van der Waals surface area contributed by atoms with Crippen molar-refractivity contribution in [3.8, 4) is 0 Å². The average molecular weight is 336 g/mol. The summed E-state index contributed by atoms with van der Waals surface area (Å²) in [7, 11) is 1.74. The summed E-state index contributed by atoms with van der Waals surface area (Å²) in [6, 6.07) is 20.3. The first-order chi connectivity index (χ1) is 12.1. The molecular weight excluding hydrogens is 315 g/mol. The Morgan fingerprint density at radius 1 is 1.00 bits per heavy atom. The van der Waals surface area contributed by atoms with Crippen molar-refractivity contribution in [2.24, 2.45) is 0 Å². The first-order valence-corrected chi connectivity index (χ1v) is 8.32. The van der Waals surface area contributed by atoms with Gasteiger partial charge in [-0.25, -0.2) is 4.39 Å². The third kappa shape index (κ3) is 4.35. The molecule has 1 heterocycles. The quantitative estimate of drug-likeness (QED) is 0.664. The van der Waals surface area contributed by atoms with Crippen molar-refractivity contribution in [3.63, 3.8) is 0 Å². The molecule has 0 aliphatic rings. The van der Waals surface area contributed by atoms with Gasteiger partial charge in [-0.15, -0.1) is 0 Å². The van der Waals surface area contributed by atoms with Crippen molar-refractivity contribution in [1.29, 1.82) is 0 Å². The van der Waals surface area contributed by atoms with Crippen LogP contribution in [-0.2, 0) is 19.5 Å². The maximum absolute atomic E-state index is 13.3. The molecule has 0 saturated heterocycles. The number of hydrogen-bond acceptors (Lipinski definition) is 1. The monoisotopic (exact) mass is 336 g/mol. The van der Waals surface area contributed by atoms with Gasteiger partial charge < -0.3 is 9.47 Å². The zero-order valence-electron chi connectivity index (χ0n) is 14.2. The third-order valence-corrected chi connectivity index (χ3v) is 4.19. The number of hydrogen-bond donors (Lipinski definition) is 0. The summed E-state index contributed by atoms with van der Waals surface area (Å²) in [6.45, 7) is 1.12. The van der Waals surface area contributed by atoms with E-state index < -0.39 is 0 Å². The van der Waals surface area contributed by atoms with E-state index in [0.717, 1.165) is 18.5 Å². The Kier molecular flexibility index (Phi) is 5.29. The molecule has 1 aromatic heterocycles. The molecule has 0 bridgehead atoms. The number of aromatic nitrogens is 1. The first-order valence-electron chi connectivity index (χ1n) is 8.32. The minimum absolute atomic E-state index is 0.0673. The number of halogens is 1. The molecule has 0 fully saturated rings. The fourth-order valence-electron chi connectivity index (χ4n) is 2.87. The number of rotatable bonds is 6. The van der Waals surface area contributed by atoms with Gasteiger partial charge in [-0.1, -0.05) is 42.5 Å². The van der Waals surface area contributed by atoms with Crippen molar-refractivity contribution in [1.82, 2.24) is 9.47 Å². The molecule has 3 aromatic rings. The van der Waals surface area contributed by atoms with Crippen molar-refractivity contribution >= 4 is 5.91 Å². The molecule has 0 aliphatic carbocycles. The lowest BCUT2D eigenvalue weighted by molar-refractivity contribution is 0.0774. The number of carbonyl (C=O) groups excluding carboxylic acids is 1. The Hall–Kier alpha value is -2.88. The molecule has 1 amide bonds. The molecule has 3 rings (SSSR count). The van der Waals surface area contributed by atoms with E-state index in [4.69, 9.17) is 0 Å². The number of amides is 1. The molecule has 0 N–H and O–H groups in total. The summed E-state index contributed by atoms with van der Waals surface area (Å²) in [4.78, 5) is 14.4. The molecule has 0 unspecified atom stereocenters. The molecule has 4 heteroatoms. The second-order valence-corrected chi connectivity index (χ2v) is 6.11. The van der Waals surface area contributed by atoms with E-state index in [1.165, 1.54) is 17.7 Å². The number of aryl methyl sites for hydroxylation is 2. The zero-order valence-corrected chi connectivity index (χ0v) is 14.2. The molecule has 0 atom stereocenters. The first kappa shape index (κ1) is 17.0. The number of carbonyl (C=O) groups is 1. The molecule has 0 aliphatic heterocycles. The minimum Gasteiger partial charge on any atom is -0.343 e. The van der Waals surface area contributed by atoms with E-state index in [1.807, 2.05) is 47.2 Å². The van der Waals surface area contributed by atoms with Gasteiger partial charge in [0.1, 0.15) is 11.5 Å². The summed E-state index contributed by atoms with van der Waals surface area (Å²) < 4.78 is 15.3. The average Bonchev–Trinajstić information content (AvgIpc) is 3.08. The normalized spacial score (nSPS) is 10.6. The van der Waals surface area contributed by atoms with E-state index in [1.54, 1.807) is 18.0 Å². The molecule has 128 valence electrons. The molecule has 0 spiro atoms. The van der Waals surface area contributed by atoms with Crippen LogP contribution >= 0.6 is 0 Å². The standard InChI is InChI=1S/C21H21FN2O/c1-23(16-18-9-5-10-19(22)15-18)21(25)20-11-6-13-24(20)14-12-17-7-3-2-4-8-17/h2-11,13,15H,12,14,16H2,1H3. The van der Waals surface area contributed by atoms with Gasteiger partial charge in [-0.05, 0) is 41.8 Å². The highest BCUT2D eigenvalue weighted by molar-refractivity contribution is 5.92. The van der Waals surface area contributed by atoms with E-state index in [-0.39, 0.29) is 11.7 Å². The van der Waals surface area contributed by atoms with E-state index >= 15 is 0 Å². The van der Waals surface area contributed by atoms with Crippen molar-refractivity contribution in [3.05, 3.63) is 95.6 Å². The van der Waals surface area contributed by atoms with Crippen molar-refractivity contribution in [2.45, 2.75) is 19.5 Å². The Bertz CT molecular complexity index is 842. The van der Waals surface area contributed by atoms with Gasteiger partial charge in [0.05, 0.1) is 0 Å². The van der Waals surface area contributed by atoms with Gasteiger partial charge in [0.15, 0.2) is 0 Å². The van der Waals surface area contributed by atoms with Crippen molar-refractivity contribution in [2.75, 3.05) is 7.05 Å². The fraction of sp³-hybridized carbons (Fsp3) is 0.190. The SMILES string of the molecule is CN(Cc1cccc(F)c1)C(=O)c1cccn1CCc1ccccc1. The second kappa shape index (κ2) is 7.79. The zero-order chi connectivity index (χ0) is 17.6. The Morgan fingerprint density at radius 3 is 2.52 bits per heavy atom. The highest BCUT2D eigenvalue weighted by Crippen LogP contribution is 2.12. The van der Waals surface area contributed by atoms with Gasteiger partial charge in [-0.3, -0.25) is 4.79 Å². The molecule has 0 radical (unpaired) electrons. The maximum Gasteiger partial charge on any atom is 0.270 e. The van der Waals surface area contributed by atoms with Crippen LogP contribution in [0.25, 0.3) is 0 Å². The van der Waals surface area contributed by atoms with E-state index in [0.29, 0.717) is 12.2 Å². The topological polar surface area (TPSA) is 25.2 Å². The highest BCUT2D eigenvalue weighted by Gasteiger charge is 2.16. The molecule has 25 heavy (non-hydrogen) atoms. The minimum atomic E-state index is -0.287. The lowest BCUT2D eigenvalue weighted by Crippen LogP contribution is -2.28. The smallest absolute Gasteiger partial charge is 0.270 e. The van der Waals surface area contributed by atoms with Crippen LogP contribution in [0.4, 0.5) is 4.39 Å². The van der Waals surface area contributed by atoms with Crippen LogP contribution in [0.15, 0.2) is 72.9 Å². The lowest BCUT2D eigenvalue weighted by atomic mass is 10.1. The lowest BCUT2D eigenvalue weighted by Gasteiger charge is -2.19. The Balaban J connectivity index is 1.67. The maximum atomic E-state index is 13.3. The van der Waals surface area contributed by atoms with E-state index in [9.17, 15) is 9.18 Å². The Morgan fingerprint density at radius 2 is 1.76 bits per heavy atom. The predicted octanol–water partition coefficient (Wildman–Crippen LogP) is 4.14. The van der Waals surface area contributed by atoms with Crippen LogP contribution < -0.4 is 0 Å². The van der Waals surface area contributed by atoms with Crippen LogP contribution in [0.5, 0.6) is 0 Å². The molecule has 2 aromatic carbocycles. The number of nitrogens with zero attached hydrogens (tertiary/aromatic N) is 2. The third-order valence-electron chi connectivity index (χ3n) is 4.19. The largest absolute Gasteiger partial charge is 0.343 e. The number of benzene rings is 2.